The van der Waals surface area contributed by atoms with Crippen molar-refractivity contribution in [2.45, 2.75) is 20.8 Å². The molecule has 0 atom stereocenters. The summed E-state index contributed by atoms with van der Waals surface area (Å²) in [5, 5.41) is 3.47. The van der Waals surface area contributed by atoms with Crippen molar-refractivity contribution < 1.29 is 0 Å². The number of rotatable bonds is 5. The fraction of sp³-hybridized carbons (Fsp3) is 0.103. The minimum Gasteiger partial charge on any atom is -0.356 e. The molecule has 0 heterocycles. The smallest absolute Gasteiger partial charge is 0.0384 e. The van der Waals surface area contributed by atoms with Crippen LogP contribution in [0.5, 0.6) is 0 Å². The van der Waals surface area contributed by atoms with Crippen LogP contribution in [0.4, 0.5) is 11.4 Å². The van der Waals surface area contributed by atoms with Crippen molar-refractivity contribution in [1.29, 1.82) is 0 Å². The first kappa shape index (κ1) is 19.7. The van der Waals surface area contributed by atoms with Gasteiger partial charge >= 0.3 is 0 Å². The molecule has 4 aromatic rings. The highest BCUT2D eigenvalue weighted by Gasteiger charge is 2.06. The summed E-state index contributed by atoms with van der Waals surface area (Å²) in [6, 6.07) is 34.6. The molecule has 30 heavy (non-hydrogen) atoms. The monoisotopic (exact) mass is 389 g/mol. The van der Waals surface area contributed by atoms with Crippen molar-refractivity contribution in [3.8, 4) is 0 Å². The molecule has 0 aromatic heterocycles. The van der Waals surface area contributed by atoms with Crippen molar-refractivity contribution >= 4 is 23.0 Å². The van der Waals surface area contributed by atoms with Gasteiger partial charge in [0.1, 0.15) is 0 Å². The Kier molecular flexibility index (Phi) is 5.81. The van der Waals surface area contributed by atoms with E-state index in [2.05, 4.69) is 129 Å². The van der Waals surface area contributed by atoms with Gasteiger partial charge in [-0.3, -0.25) is 0 Å². The fourth-order valence-electron chi connectivity index (χ4n) is 3.43. The molecule has 0 aliphatic heterocycles. The lowest BCUT2D eigenvalue weighted by Crippen LogP contribution is -1.91. The standard InChI is InChI=1S/C29H27N/c1-21-4-12-25(13-5-21)29(26-14-6-22(2)7-15-26)20-24-10-18-28(19-11-24)30-27-16-8-23(3)9-17-27/h4-20,30H,1-3H3. The molecule has 0 radical (unpaired) electrons. The van der Waals surface area contributed by atoms with E-state index in [1.165, 1.54) is 39.0 Å². The number of hydrogen-bond donors (Lipinski definition) is 1. The van der Waals surface area contributed by atoms with Crippen molar-refractivity contribution in [1.82, 2.24) is 0 Å². The van der Waals surface area contributed by atoms with Crippen LogP contribution in [0, 0.1) is 20.8 Å². The maximum atomic E-state index is 3.47. The highest BCUT2D eigenvalue weighted by Crippen LogP contribution is 2.27. The van der Waals surface area contributed by atoms with Crippen molar-refractivity contribution in [3.05, 3.63) is 130 Å². The maximum Gasteiger partial charge on any atom is 0.0384 e. The van der Waals surface area contributed by atoms with Crippen LogP contribution in [0.1, 0.15) is 33.4 Å². The van der Waals surface area contributed by atoms with Crippen LogP contribution in [-0.4, -0.2) is 0 Å². The molecule has 4 aromatic carbocycles. The second-order valence-electron chi connectivity index (χ2n) is 7.90. The van der Waals surface area contributed by atoms with E-state index in [1.807, 2.05) is 0 Å². The molecule has 0 aliphatic rings. The van der Waals surface area contributed by atoms with Gasteiger partial charge in [0, 0.05) is 11.4 Å². The summed E-state index contributed by atoms with van der Waals surface area (Å²) in [7, 11) is 0. The number of benzene rings is 4. The van der Waals surface area contributed by atoms with Gasteiger partial charge in [0.05, 0.1) is 0 Å². The van der Waals surface area contributed by atoms with E-state index in [4.69, 9.17) is 0 Å². The molecule has 1 heteroatoms. The predicted molar refractivity (Wildman–Crippen MR) is 130 cm³/mol. The Balaban J connectivity index is 1.64. The van der Waals surface area contributed by atoms with E-state index in [-0.39, 0.29) is 0 Å². The average molecular weight is 390 g/mol. The van der Waals surface area contributed by atoms with Gasteiger partial charge in [0.15, 0.2) is 0 Å². The average Bonchev–Trinajstić information content (AvgIpc) is 2.76. The SMILES string of the molecule is Cc1ccc(Nc2ccc(C=C(c3ccc(C)cc3)c3ccc(C)cc3)cc2)cc1. The maximum absolute atomic E-state index is 3.47. The quantitative estimate of drug-likeness (QED) is 0.342. The lowest BCUT2D eigenvalue weighted by Gasteiger charge is -2.11. The van der Waals surface area contributed by atoms with Crippen molar-refractivity contribution in [2.24, 2.45) is 0 Å². The van der Waals surface area contributed by atoms with Crippen molar-refractivity contribution in [2.75, 3.05) is 5.32 Å². The van der Waals surface area contributed by atoms with E-state index < -0.39 is 0 Å². The Labute approximate surface area is 179 Å². The third kappa shape index (κ3) is 4.87. The topological polar surface area (TPSA) is 12.0 Å². The summed E-state index contributed by atoms with van der Waals surface area (Å²) in [6.07, 6.45) is 2.27. The predicted octanol–water partition coefficient (Wildman–Crippen LogP) is 7.94. The minimum absolute atomic E-state index is 1.09. The van der Waals surface area contributed by atoms with Crippen LogP contribution in [0.15, 0.2) is 97.1 Å². The van der Waals surface area contributed by atoms with Crippen molar-refractivity contribution in [3.63, 3.8) is 0 Å². The van der Waals surface area contributed by atoms with E-state index in [9.17, 15) is 0 Å². The summed E-state index contributed by atoms with van der Waals surface area (Å²) < 4.78 is 0. The normalized spacial score (nSPS) is 10.5. The first-order valence-corrected chi connectivity index (χ1v) is 10.4. The first-order chi connectivity index (χ1) is 14.6. The Hall–Kier alpha value is -3.58. The van der Waals surface area contributed by atoms with Crippen LogP contribution in [0.3, 0.4) is 0 Å². The van der Waals surface area contributed by atoms with Gasteiger partial charge in [-0.25, -0.2) is 0 Å². The zero-order valence-corrected chi connectivity index (χ0v) is 17.8. The summed E-state index contributed by atoms with van der Waals surface area (Å²) in [5.41, 5.74) is 10.9. The van der Waals surface area contributed by atoms with Crippen LogP contribution in [0.25, 0.3) is 11.6 Å². The highest BCUT2D eigenvalue weighted by atomic mass is 14.9. The van der Waals surface area contributed by atoms with Gasteiger partial charge < -0.3 is 5.32 Å². The number of anilines is 2. The molecular formula is C29H27N. The van der Waals surface area contributed by atoms with E-state index in [0.29, 0.717) is 0 Å². The number of aryl methyl sites for hydroxylation is 3. The van der Waals surface area contributed by atoms with Gasteiger partial charge in [0.2, 0.25) is 0 Å². The Bertz CT molecular complexity index is 1080. The van der Waals surface area contributed by atoms with Crippen LogP contribution in [-0.2, 0) is 0 Å². The fourth-order valence-corrected chi connectivity index (χ4v) is 3.43. The third-order valence-electron chi connectivity index (χ3n) is 5.29. The number of hydrogen-bond acceptors (Lipinski definition) is 1. The van der Waals surface area contributed by atoms with Gasteiger partial charge in [-0.15, -0.1) is 0 Å². The molecule has 4 rings (SSSR count). The zero-order chi connectivity index (χ0) is 20.9. The van der Waals surface area contributed by atoms with E-state index in [1.54, 1.807) is 0 Å². The van der Waals surface area contributed by atoms with Crippen LogP contribution < -0.4 is 5.32 Å². The molecule has 0 saturated heterocycles. The Morgan fingerprint density at radius 1 is 0.500 bits per heavy atom. The van der Waals surface area contributed by atoms with Crippen LogP contribution >= 0.6 is 0 Å². The largest absolute Gasteiger partial charge is 0.356 e. The van der Waals surface area contributed by atoms with Crippen LogP contribution in [0.2, 0.25) is 0 Å². The first-order valence-electron chi connectivity index (χ1n) is 10.4. The van der Waals surface area contributed by atoms with Gasteiger partial charge in [-0.2, -0.15) is 0 Å². The molecule has 0 spiro atoms. The molecule has 1 N–H and O–H groups in total. The summed E-state index contributed by atoms with van der Waals surface area (Å²) in [4.78, 5) is 0. The second-order valence-corrected chi connectivity index (χ2v) is 7.90. The van der Waals surface area contributed by atoms with Gasteiger partial charge in [0.25, 0.3) is 0 Å². The molecule has 0 fully saturated rings. The van der Waals surface area contributed by atoms with E-state index in [0.717, 1.165) is 11.4 Å². The molecule has 0 saturated carbocycles. The lowest BCUT2D eigenvalue weighted by atomic mass is 9.94. The minimum atomic E-state index is 1.09. The van der Waals surface area contributed by atoms with Gasteiger partial charge in [-0.05, 0) is 73.4 Å². The zero-order valence-electron chi connectivity index (χ0n) is 17.8. The highest BCUT2D eigenvalue weighted by molar-refractivity contribution is 5.91. The number of nitrogens with one attached hydrogen (secondary N) is 1. The second kappa shape index (κ2) is 8.84. The molecule has 1 nitrogen and oxygen atoms in total. The third-order valence-corrected chi connectivity index (χ3v) is 5.29. The molecule has 0 aliphatic carbocycles. The van der Waals surface area contributed by atoms with Gasteiger partial charge in [-0.1, -0.05) is 89.5 Å². The summed E-state index contributed by atoms with van der Waals surface area (Å²) >= 11 is 0. The molecule has 0 amide bonds. The summed E-state index contributed by atoms with van der Waals surface area (Å²) in [5.74, 6) is 0. The Morgan fingerprint density at radius 2 is 0.867 bits per heavy atom. The molecule has 0 unspecified atom stereocenters. The molecule has 148 valence electrons. The molecular weight excluding hydrogens is 362 g/mol. The summed E-state index contributed by atoms with van der Waals surface area (Å²) in [6.45, 7) is 6.35. The lowest BCUT2D eigenvalue weighted by molar-refractivity contribution is 1.43. The molecule has 0 bridgehead atoms. The van der Waals surface area contributed by atoms with E-state index >= 15 is 0 Å². The Morgan fingerprint density at radius 3 is 1.30 bits per heavy atom.